The van der Waals surface area contributed by atoms with Crippen molar-refractivity contribution < 1.29 is 17.6 Å². The largest absolute Gasteiger partial charge is 0.416 e. The minimum atomic E-state index is -4.54. The van der Waals surface area contributed by atoms with Crippen molar-refractivity contribution in [3.63, 3.8) is 0 Å². The van der Waals surface area contributed by atoms with E-state index in [9.17, 15) is 17.6 Å². The number of nitrogens with two attached hydrogens (primary N) is 1. The second-order valence-corrected chi connectivity index (χ2v) is 4.74. The highest BCUT2D eigenvalue weighted by Gasteiger charge is 2.32. The fourth-order valence-corrected chi connectivity index (χ4v) is 2.05. The maximum atomic E-state index is 13.8. The third-order valence-electron chi connectivity index (χ3n) is 2.97. The number of nitrogens with one attached hydrogen (secondary N) is 1. The molecule has 0 aliphatic heterocycles. The van der Waals surface area contributed by atoms with Gasteiger partial charge in [0.25, 0.3) is 0 Å². The first-order valence-corrected chi connectivity index (χ1v) is 5.92. The molecule has 0 amide bonds. The zero-order valence-corrected chi connectivity index (χ0v) is 10.8. The summed E-state index contributed by atoms with van der Waals surface area (Å²) in [6, 6.07) is 2.25. The van der Waals surface area contributed by atoms with Gasteiger partial charge in [0.1, 0.15) is 11.6 Å². The van der Waals surface area contributed by atoms with E-state index in [1.807, 2.05) is 0 Å². The summed E-state index contributed by atoms with van der Waals surface area (Å²) in [4.78, 5) is 0. The number of alkyl halides is 3. The molecule has 0 fully saturated rings. The molecular weight excluding hydrogens is 274 g/mol. The summed E-state index contributed by atoms with van der Waals surface area (Å²) < 4.78 is 52.0. The SMILES string of the molecule is CC(C)c1c(N)n[nH]c1-c1cc(C(F)(F)F)ccc1F. The molecule has 7 heteroatoms. The highest BCUT2D eigenvalue weighted by molar-refractivity contribution is 5.70. The van der Waals surface area contributed by atoms with Crippen LogP contribution in [0.2, 0.25) is 0 Å². The molecule has 0 spiro atoms. The van der Waals surface area contributed by atoms with Crippen LogP contribution in [0, 0.1) is 5.82 Å². The summed E-state index contributed by atoms with van der Waals surface area (Å²) in [6.45, 7) is 3.60. The second-order valence-electron chi connectivity index (χ2n) is 4.74. The number of nitrogens with zero attached hydrogens (tertiary/aromatic N) is 1. The first-order chi connectivity index (χ1) is 9.21. The number of hydrogen-bond donors (Lipinski definition) is 2. The normalized spacial score (nSPS) is 12.2. The van der Waals surface area contributed by atoms with Crippen LogP contribution in [-0.4, -0.2) is 10.2 Å². The minimum absolute atomic E-state index is 0.0994. The van der Waals surface area contributed by atoms with Crippen LogP contribution < -0.4 is 5.73 Å². The lowest BCUT2D eigenvalue weighted by Crippen LogP contribution is -2.06. The standard InChI is InChI=1S/C13H13F4N3/c1-6(2)10-11(19-20-12(10)18)8-5-7(13(15,16)17)3-4-9(8)14/h3-6H,1-2H3,(H3,18,19,20). The van der Waals surface area contributed by atoms with Gasteiger partial charge in [-0.25, -0.2) is 4.39 Å². The topological polar surface area (TPSA) is 54.7 Å². The molecule has 20 heavy (non-hydrogen) atoms. The Morgan fingerprint density at radius 3 is 2.45 bits per heavy atom. The Hall–Kier alpha value is -2.05. The Bertz CT molecular complexity index is 629. The molecule has 3 nitrogen and oxygen atoms in total. The Balaban J connectivity index is 2.64. The zero-order chi connectivity index (χ0) is 15.1. The van der Waals surface area contributed by atoms with Gasteiger partial charge in [0.05, 0.1) is 11.3 Å². The van der Waals surface area contributed by atoms with Crippen LogP contribution in [0.4, 0.5) is 23.4 Å². The summed E-state index contributed by atoms with van der Waals surface area (Å²) in [5, 5.41) is 6.26. The van der Waals surface area contributed by atoms with Crippen molar-refractivity contribution >= 4 is 5.82 Å². The van der Waals surface area contributed by atoms with E-state index in [1.54, 1.807) is 13.8 Å². The lowest BCUT2D eigenvalue weighted by molar-refractivity contribution is -0.137. The Morgan fingerprint density at radius 1 is 1.25 bits per heavy atom. The fourth-order valence-electron chi connectivity index (χ4n) is 2.05. The highest BCUT2D eigenvalue weighted by atomic mass is 19.4. The van der Waals surface area contributed by atoms with Gasteiger partial charge in [-0.1, -0.05) is 13.8 Å². The monoisotopic (exact) mass is 287 g/mol. The number of aromatic amines is 1. The average Bonchev–Trinajstić information content (AvgIpc) is 2.70. The second kappa shape index (κ2) is 4.81. The fraction of sp³-hybridized carbons (Fsp3) is 0.308. The number of benzene rings is 1. The Labute approximate surface area is 112 Å². The van der Waals surface area contributed by atoms with Crippen molar-refractivity contribution in [3.8, 4) is 11.3 Å². The maximum absolute atomic E-state index is 13.8. The molecule has 3 N–H and O–H groups in total. The summed E-state index contributed by atoms with van der Waals surface area (Å²) >= 11 is 0. The summed E-state index contributed by atoms with van der Waals surface area (Å²) in [5.41, 5.74) is 5.24. The number of H-pyrrole nitrogens is 1. The van der Waals surface area contributed by atoms with E-state index < -0.39 is 17.6 Å². The molecule has 1 heterocycles. The molecule has 0 radical (unpaired) electrons. The van der Waals surface area contributed by atoms with Crippen molar-refractivity contribution in [1.82, 2.24) is 10.2 Å². The Morgan fingerprint density at radius 2 is 1.90 bits per heavy atom. The third-order valence-corrected chi connectivity index (χ3v) is 2.97. The molecular formula is C13H13F4N3. The molecule has 1 aromatic carbocycles. The molecule has 0 aliphatic carbocycles. The van der Waals surface area contributed by atoms with Crippen molar-refractivity contribution in [2.45, 2.75) is 25.9 Å². The van der Waals surface area contributed by atoms with E-state index in [1.165, 1.54) is 0 Å². The summed E-state index contributed by atoms with van der Waals surface area (Å²) in [6.07, 6.45) is -4.54. The van der Waals surface area contributed by atoms with Crippen molar-refractivity contribution in [1.29, 1.82) is 0 Å². The molecule has 0 saturated heterocycles. The van der Waals surface area contributed by atoms with Gasteiger partial charge in [-0.15, -0.1) is 0 Å². The molecule has 0 atom stereocenters. The number of nitrogen functional groups attached to an aromatic ring is 1. The minimum Gasteiger partial charge on any atom is -0.382 e. The average molecular weight is 287 g/mol. The third kappa shape index (κ3) is 2.48. The molecule has 2 aromatic rings. The Kier molecular flexibility index (Phi) is 3.45. The van der Waals surface area contributed by atoms with Gasteiger partial charge in [-0.3, -0.25) is 5.10 Å². The van der Waals surface area contributed by atoms with Gasteiger partial charge in [0.2, 0.25) is 0 Å². The number of hydrogen-bond acceptors (Lipinski definition) is 2. The van der Waals surface area contributed by atoms with Crippen LogP contribution in [-0.2, 0) is 6.18 Å². The van der Waals surface area contributed by atoms with Gasteiger partial charge >= 0.3 is 6.18 Å². The maximum Gasteiger partial charge on any atom is 0.416 e. The molecule has 0 aliphatic rings. The molecule has 0 saturated carbocycles. The highest BCUT2D eigenvalue weighted by Crippen LogP contribution is 2.36. The summed E-state index contributed by atoms with van der Waals surface area (Å²) in [7, 11) is 0. The van der Waals surface area contributed by atoms with Gasteiger partial charge in [-0.2, -0.15) is 18.3 Å². The lowest BCUT2D eigenvalue weighted by Gasteiger charge is -2.11. The van der Waals surface area contributed by atoms with E-state index in [2.05, 4.69) is 10.2 Å². The van der Waals surface area contributed by atoms with E-state index in [4.69, 9.17) is 5.73 Å². The van der Waals surface area contributed by atoms with Gasteiger partial charge in [0.15, 0.2) is 0 Å². The van der Waals surface area contributed by atoms with Gasteiger partial charge in [-0.05, 0) is 24.1 Å². The van der Waals surface area contributed by atoms with Crippen LogP contribution in [0.25, 0.3) is 11.3 Å². The predicted octanol–water partition coefficient (Wildman–Crippen LogP) is 3.94. The molecule has 108 valence electrons. The lowest BCUT2D eigenvalue weighted by atomic mass is 9.97. The van der Waals surface area contributed by atoms with Crippen LogP contribution in [0.5, 0.6) is 0 Å². The summed E-state index contributed by atoms with van der Waals surface area (Å²) in [5.74, 6) is -0.701. The van der Waals surface area contributed by atoms with E-state index >= 15 is 0 Å². The number of aromatic nitrogens is 2. The van der Waals surface area contributed by atoms with E-state index in [0.29, 0.717) is 11.6 Å². The zero-order valence-electron chi connectivity index (χ0n) is 10.8. The quantitative estimate of drug-likeness (QED) is 0.822. The first-order valence-electron chi connectivity index (χ1n) is 5.92. The van der Waals surface area contributed by atoms with Crippen molar-refractivity contribution in [2.75, 3.05) is 5.73 Å². The first kappa shape index (κ1) is 14.4. The van der Waals surface area contributed by atoms with Gasteiger partial charge in [0, 0.05) is 11.1 Å². The van der Waals surface area contributed by atoms with Crippen LogP contribution >= 0.6 is 0 Å². The molecule has 0 unspecified atom stereocenters. The van der Waals surface area contributed by atoms with Crippen LogP contribution in [0.3, 0.4) is 0 Å². The van der Waals surface area contributed by atoms with E-state index in [0.717, 1.165) is 12.1 Å². The van der Waals surface area contributed by atoms with Crippen LogP contribution in [0.15, 0.2) is 18.2 Å². The molecule has 2 rings (SSSR count). The molecule has 1 aromatic heterocycles. The van der Waals surface area contributed by atoms with E-state index in [-0.39, 0.29) is 23.0 Å². The van der Waals surface area contributed by atoms with Gasteiger partial charge < -0.3 is 5.73 Å². The van der Waals surface area contributed by atoms with Crippen molar-refractivity contribution in [2.24, 2.45) is 0 Å². The molecule has 0 bridgehead atoms. The predicted molar refractivity (Wildman–Crippen MR) is 67.5 cm³/mol. The van der Waals surface area contributed by atoms with Crippen LogP contribution in [0.1, 0.15) is 30.9 Å². The smallest absolute Gasteiger partial charge is 0.382 e. The van der Waals surface area contributed by atoms with Crippen molar-refractivity contribution in [3.05, 3.63) is 35.1 Å². The number of anilines is 1. The number of halogens is 4. The number of rotatable bonds is 2.